The van der Waals surface area contributed by atoms with Gasteiger partial charge in [-0.2, -0.15) is 5.10 Å². The average molecular weight is 512 g/mol. The zero-order valence-corrected chi connectivity index (χ0v) is 22.7. The lowest BCUT2D eigenvalue weighted by Gasteiger charge is -2.15. The van der Waals surface area contributed by atoms with E-state index in [9.17, 15) is 18.0 Å². The van der Waals surface area contributed by atoms with Crippen LogP contribution in [0.15, 0.2) is 18.3 Å². The van der Waals surface area contributed by atoms with E-state index >= 15 is 0 Å². The number of hydrogen-bond acceptors (Lipinski definition) is 7. The summed E-state index contributed by atoms with van der Waals surface area (Å²) in [6.07, 6.45) is 9.23. The summed E-state index contributed by atoms with van der Waals surface area (Å²) in [7, 11) is -3.09. The predicted octanol–water partition coefficient (Wildman–Crippen LogP) is 3.61. The largest absolute Gasteiger partial charge is 0.436 e. The highest BCUT2D eigenvalue weighted by Crippen LogP contribution is 2.23. The minimum absolute atomic E-state index is 0.0610. The topological polar surface area (TPSA) is 128 Å². The SMILES string of the molecule is CC(C)(O)OC=O.CCCCC(CCC)Cn1cc2c(C)c(C(=O)NCCS(C)(=O)=O)ccc2n1. The van der Waals surface area contributed by atoms with Gasteiger partial charge in [0, 0.05) is 50.3 Å². The zero-order valence-electron chi connectivity index (χ0n) is 21.8. The van der Waals surface area contributed by atoms with Crippen LogP contribution in [0.3, 0.4) is 0 Å². The molecule has 0 spiro atoms. The second-order valence-electron chi connectivity index (χ2n) is 9.37. The Morgan fingerprint density at radius 3 is 2.46 bits per heavy atom. The molecule has 198 valence electrons. The summed E-state index contributed by atoms with van der Waals surface area (Å²) in [6, 6.07) is 3.64. The number of benzene rings is 1. The molecule has 2 aromatic rings. The number of carbonyl (C=O) groups excluding carboxylic acids is 2. The van der Waals surface area contributed by atoms with Crippen LogP contribution < -0.4 is 5.32 Å². The number of aryl methyl sites for hydroxylation is 1. The molecule has 1 unspecified atom stereocenters. The maximum atomic E-state index is 12.4. The van der Waals surface area contributed by atoms with Crippen molar-refractivity contribution in [2.75, 3.05) is 18.6 Å². The van der Waals surface area contributed by atoms with E-state index in [4.69, 9.17) is 10.2 Å². The van der Waals surface area contributed by atoms with E-state index in [0.717, 1.165) is 29.3 Å². The third-order valence-electron chi connectivity index (χ3n) is 5.45. The lowest BCUT2D eigenvalue weighted by atomic mass is 9.97. The van der Waals surface area contributed by atoms with E-state index in [1.54, 1.807) is 6.07 Å². The fraction of sp³-hybridized carbons (Fsp3) is 0.640. The van der Waals surface area contributed by atoms with E-state index in [0.29, 0.717) is 11.5 Å². The van der Waals surface area contributed by atoms with Crippen LogP contribution in [0.4, 0.5) is 0 Å². The second kappa shape index (κ2) is 14.2. The van der Waals surface area contributed by atoms with Crippen molar-refractivity contribution >= 4 is 33.1 Å². The van der Waals surface area contributed by atoms with Gasteiger partial charge in [0.1, 0.15) is 9.84 Å². The average Bonchev–Trinajstić information content (AvgIpc) is 3.14. The molecule has 10 heteroatoms. The van der Waals surface area contributed by atoms with E-state index in [2.05, 4.69) is 23.9 Å². The number of aromatic nitrogens is 2. The molecule has 35 heavy (non-hydrogen) atoms. The Kier molecular flexibility index (Phi) is 12.4. The molecule has 1 atom stereocenters. The van der Waals surface area contributed by atoms with Crippen molar-refractivity contribution in [3.8, 4) is 0 Å². The van der Waals surface area contributed by atoms with Crippen LogP contribution >= 0.6 is 0 Å². The van der Waals surface area contributed by atoms with Gasteiger partial charge in [0.05, 0.1) is 11.3 Å². The Morgan fingerprint density at radius 2 is 1.94 bits per heavy atom. The smallest absolute Gasteiger partial charge is 0.295 e. The molecule has 0 aliphatic heterocycles. The van der Waals surface area contributed by atoms with Gasteiger partial charge in [-0.25, -0.2) is 8.42 Å². The molecule has 1 heterocycles. The Balaban J connectivity index is 0.000000762. The molecule has 0 radical (unpaired) electrons. The number of amides is 1. The molecule has 0 saturated carbocycles. The van der Waals surface area contributed by atoms with Crippen LogP contribution in [0.5, 0.6) is 0 Å². The fourth-order valence-corrected chi connectivity index (χ4v) is 4.15. The number of sulfone groups is 1. The molecule has 0 fully saturated rings. The summed E-state index contributed by atoms with van der Waals surface area (Å²) >= 11 is 0. The van der Waals surface area contributed by atoms with Gasteiger partial charge in [-0.15, -0.1) is 0 Å². The van der Waals surface area contributed by atoms with Gasteiger partial charge in [0.25, 0.3) is 12.4 Å². The normalized spacial score (nSPS) is 12.5. The Labute approximate surface area is 209 Å². The lowest BCUT2D eigenvalue weighted by molar-refractivity contribution is -0.179. The number of fused-ring (bicyclic) bond motifs is 1. The summed E-state index contributed by atoms with van der Waals surface area (Å²) in [6.45, 7) is 10.3. The summed E-state index contributed by atoms with van der Waals surface area (Å²) in [5, 5.41) is 16.9. The molecular formula is C25H41N3O6S. The number of rotatable bonds is 13. The second-order valence-corrected chi connectivity index (χ2v) is 11.6. The van der Waals surface area contributed by atoms with Gasteiger partial charge in [-0.1, -0.05) is 33.1 Å². The van der Waals surface area contributed by atoms with Crippen LogP contribution in [0, 0.1) is 12.8 Å². The quantitative estimate of drug-likeness (QED) is 0.311. The van der Waals surface area contributed by atoms with Gasteiger partial charge < -0.3 is 15.2 Å². The first kappa shape index (κ1) is 30.6. The molecule has 2 N–H and O–H groups in total. The van der Waals surface area contributed by atoms with Gasteiger partial charge >= 0.3 is 0 Å². The summed E-state index contributed by atoms with van der Waals surface area (Å²) in [4.78, 5) is 21.9. The van der Waals surface area contributed by atoms with E-state index in [1.165, 1.54) is 46.0 Å². The maximum absolute atomic E-state index is 12.4. The molecule has 0 saturated heterocycles. The molecule has 0 aliphatic carbocycles. The van der Waals surface area contributed by atoms with E-state index in [1.807, 2.05) is 23.9 Å². The van der Waals surface area contributed by atoms with E-state index in [-0.39, 0.29) is 24.7 Å². The molecule has 0 bridgehead atoms. The van der Waals surface area contributed by atoms with Crippen LogP contribution in [-0.2, 0) is 25.9 Å². The third-order valence-corrected chi connectivity index (χ3v) is 6.40. The number of hydrogen-bond donors (Lipinski definition) is 2. The van der Waals surface area contributed by atoms with Crippen LogP contribution in [0.25, 0.3) is 10.9 Å². The Hall–Kier alpha value is -2.46. The van der Waals surface area contributed by atoms with Crippen molar-refractivity contribution < 1.29 is 27.9 Å². The molecule has 2 rings (SSSR count). The number of nitrogens with zero attached hydrogens (tertiary/aromatic N) is 2. The standard InChI is InChI=1S/C21H33N3O3S.C4H8O3/c1-5-7-9-17(8-6-2)14-24-15-19-16(3)18(10-11-20(19)23-24)21(25)22-12-13-28(4,26)27;1-4(2,6)7-3-5/h10-11,15,17H,5-9,12-14H2,1-4H3,(H,22,25);3,6H,1-2H3. The monoisotopic (exact) mass is 511 g/mol. The summed E-state index contributed by atoms with van der Waals surface area (Å²) in [5.41, 5.74) is 2.33. The van der Waals surface area contributed by atoms with Gasteiger partial charge in [0.15, 0.2) is 0 Å². The number of nitrogens with one attached hydrogen (secondary N) is 1. The molecular weight excluding hydrogens is 470 g/mol. The first-order valence-electron chi connectivity index (χ1n) is 12.1. The Bertz CT molecular complexity index is 1060. The van der Waals surface area contributed by atoms with Crippen molar-refractivity contribution in [2.24, 2.45) is 5.92 Å². The lowest BCUT2D eigenvalue weighted by Crippen LogP contribution is -2.29. The fourth-order valence-electron chi connectivity index (χ4n) is 3.68. The predicted molar refractivity (Wildman–Crippen MR) is 138 cm³/mol. The molecule has 1 amide bonds. The highest BCUT2D eigenvalue weighted by atomic mass is 32.2. The van der Waals surface area contributed by atoms with Crippen LogP contribution in [0.1, 0.15) is 75.7 Å². The van der Waals surface area contributed by atoms with E-state index < -0.39 is 15.6 Å². The van der Waals surface area contributed by atoms with Gasteiger partial charge in [-0.3, -0.25) is 14.3 Å². The number of ether oxygens (including phenoxy) is 1. The number of carbonyl (C=O) groups is 2. The molecule has 1 aromatic heterocycles. The number of unbranched alkanes of at least 4 members (excludes halogenated alkanes) is 1. The van der Waals surface area contributed by atoms with Crippen molar-refractivity contribution in [2.45, 2.75) is 79.1 Å². The molecule has 1 aromatic carbocycles. The summed E-state index contributed by atoms with van der Waals surface area (Å²) < 4.78 is 28.6. The minimum atomic E-state index is -3.09. The van der Waals surface area contributed by atoms with Crippen LogP contribution in [0.2, 0.25) is 0 Å². The van der Waals surface area contributed by atoms with Crippen molar-refractivity contribution in [3.63, 3.8) is 0 Å². The first-order valence-corrected chi connectivity index (χ1v) is 14.1. The van der Waals surface area contributed by atoms with Gasteiger partial charge in [0.2, 0.25) is 5.79 Å². The minimum Gasteiger partial charge on any atom is -0.436 e. The van der Waals surface area contributed by atoms with Crippen LogP contribution in [-0.4, -0.2) is 60.0 Å². The van der Waals surface area contributed by atoms with Crippen molar-refractivity contribution in [1.82, 2.24) is 15.1 Å². The summed E-state index contributed by atoms with van der Waals surface area (Å²) in [5.74, 6) is -1.00. The van der Waals surface area contributed by atoms with Crippen molar-refractivity contribution in [3.05, 3.63) is 29.5 Å². The van der Waals surface area contributed by atoms with Gasteiger partial charge in [-0.05, 0) is 43.4 Å². The van der Waals surface area contributed by atoms with Crippen molar-refractivity contribution in [1.29, 1.82) is 0 Å². The number of aliphatic hydroxyl groups is 1. The molecule has 0 aliphatic rings. The Morgan fingerprint density at radius 1 is 1.26 bits per heavy atom. The highest BCUT2D eigenvalue weighted by molar-refractivity contribution is 7.90. The highest BCUT2D eigenvalue weighted by Gasteiger charge is 2.16. The molecule has 9 nitrogen and oxygen atoms in total. The maximum Gasteiger partial charge on any atom is 0.295 e. The first-order chi connectivity index (χ1) is 16.3. The zero-order chi connectivity index (χ0) is 26.6. The third kappa shape index (κ3) is 11.7.